The molecule has 130 valence electrons. The van der Waals surface area contributed by atoms with Gasteiger partial charge in [0.2, 0.25) is 5.89 Å². The number of carbonyl (C=O) groups excluding carboxylic acids is 2. The number of oxazole rings is 1. The van der Waals surface area contributed by atoms with Gasteiger partial charge in [-0.3, -0.25) is 14.5 Å². The van der Waals surface area contributed by atoms with Crippen LogP contribution in [0.2, 0.25) is 0 Å². The number of aryl methyl sites for hydroxylation is 1. The van der Waals surface area contributed by atoms with Gasteiger partial charge in [-0.05, 0) is 37.5 Å². The Morgan fingerprint density at radius 2 is 2.08 bits per heavy atom. The molecule has 0 bridgehead atoms. The molecule has 0 saturated carbocycles. The van der Waals surface area contributed by atoms with Crippen LogP contribution in [0.25, 0.3) is 0 Å². The molecule has 0 unspecified atom stereocenters. The number of ether oxygens (including phenoxy) is 1. The largest absolute Gasteiger partial charge is 0.482 e. The fraction of sp³-hybridized carbons (Fsp3) is 0.389. The van der Waals surface area contributed by atoms with Crippen LogP contribution in [0.5, 0.6) is 5.75 Å². The zero-order valence-electron chi connectivity index (χ0n) is 14.0. The first kappa shape index (κ1) is 15.7. The smallest absolute Gasteiger partial charge is 0.275 e. The maximum atomic E-state index is 12.4. The molecule has 0 atom stereocenters. The average Bonchev–Trinajstić information content (AvgIpc) is 3.29. The molecule has 25 heavy (non-hydrogen) atoms. The Labute approximate surface area is 145 Å². The van der Waals surface area contributed by atoms with Gasteiger partial charge in [-0.25, -0.2) is 4.98 Å². The van der Waals surface area contributed by atoms with Crippen LogP contribution in [0, 0.1) is 6.92 Å². The molecule has 2 aliphatic heterocycles. The summed E-state index contributed by atoms with van der Waals surface area (Å²) in [4.78, 5) is 32.3. The van der Waals surface area contributed by atoms with E-state index < -0.39 is 0 Å². The summed E-state index contributed by atoms with van der Waals surface area (Å²) in [5, 5.41) is 0. The van der Waals surface area contributed by atoms with E-state index in [1.807, 2.05) is 25.1 Å². The van der Waals surface area contributed by atoms with Crippen molar-refractivity contribution in [2.45, 2.75) is 26.3 Å². The molecule has 2 aromatic rings. The Balaban J connectivity index is 1.55. The molecule has 0 N–H and O–H groups in total. The highest BCUT2D eigenvalue weighted by Crippen LogP contribution is 2.33. The molecule has 2 aliphatic rings. The highest BCUT2D eigenvalue weighted by molar-refractivity contribution is 5.97. The molecule has 0 aliphatic carbocycles. The number of anilines is 1. The second-order valence-corrected chi connectivity index (χ2v) is 6.37. The fourth-order valence-corrected chi connectivity index (χ4v) is 3.18. The molecule has 7 nitrogen and oxygen atoms in total. The summed E-state index contributed by atoms with van der Waals surface area (Å²) >= 11 is 0. The number of amides is 2. The topological polar surface area (TPSA) is 75.9 Å². The van der Waals surface area contributed by atoms with Crippen LogP contribution in [0.1, 0.15) is 34.8 Å². The second-order valence-electron chi connectivity index (χ2n) is 6.37. The van der Waals surface area contributed by atoms with Crippen molar-refractivity contribution < 1.29 is 18.7 Å². The predicted octanol–water partition coefficient (Wildman–Crippen LogP) is 2.14. The van der Waals surface area contributed by atoms with Crippen LogP contribution in [0.15, 0.2) is 28.9 Å². The lowest BCUT2D eigenvalue weighted by Crippen LogP contribution is -2.38. The lowest BCUT2D eigenvalue weighted by Gasteiger charge is -2.28. The SMILES string of the molecule is Cc1ccc2c(c1)N(Cc1nc(C(=O)N3CCCC3)co1)C(=O)CO2. The standard InChI is InChI=1S/C18H19N3O4/c1-12-4-5-15-14(8-12)21(17(22)11-24-15)9-16-19-13(10-25-16)18(23)20-6-2-3-7-20/h4-5,8,10H,2-3,6-7,9,11H2,1H3. The van der Waals surface area contributed by atoms with E-state index in [0.29, 0.717) is 23.0 Å². The van der Waals surface area contributed by atoms with Crippen molar-refractivity contribution in [2.75, 3.05) is 24.6 Å². The van der Waals surface area contributed by atoms with Crippen LogP contribution in [0.4, 0.5) is 5.69 Å². The van der Waals surface area contributed by atoms with E-state index in [-0.39, 0.29) is 25.0 Å². The van der Waals surface area contributed by atoms with Gasteiger partial charge in [0, 0.05) is 13.1 Å². The van der Waals surface area contributed by atoms with E-state index in [1.165, 1.54) is 6.26 Å². The number of carbonyl (C=O) groups is 2. The minimum atomic E-state index is -0.163. The number of fused-ring (bicyclic) bond motifs is 1. The zero-order valence-corrected chi connectivity index (χ0v) is 14.0. The van der Waals surface area contributed by atoms with Gasteiger partial charge in [0.1, 0.15) is 18.6 Å². The summed E-state index contributed by atoms with van der Waals surface area (Å²) in [5.41, 5.74) is 2.02. The molecule has 3 heterocycles. The molecule has 1 aromatic heterocycles. The third kappa shape index (κ3) is 2.97. The minimum Gasteiger partial charge on any atom is -0.482 e. The van der Waals surface area contributed by atoms with Crippen molar-refractivity contribution in [1.82, 2.24) is 9.88 Å². The van der Waals surface area contributed by atoms with Crippen molar-refractivity contribution in [3.63, 3.8) is 0 Å². The normalized spacial score (nSPS) is 16.8. The molecule has 2 amide bonds. The van der Waals surface area contributed by atoms with Crippen LogP contribution in [-0.4, -0.2) is 41.4 Å². The molecule has 1 aromatic carbocycles. The van der Waals surface area contributed by atoms with Gasteiger partial charge in [0.15, 0.2) is 12.3 Å². The predicted molar refractivity (Wildman–Crippen MR) is 89.5 cm³/mol. The quantitative estimate of drug-likeness (QED) is 0.855. The van der Waals surface area contributed by atoms with Gasteiger partial charge < -0.3 is 14.1 Å². The van der Waals surface area contributed by atoms with Gasteiger partial charge in [-0.1, -0.05) is 6.07 Å². The van der Waals surface area contributed by atoms with Gasteiger partial charge >= 0.3 is 0 Å². The van der Waals surface area contributed by atoms with Crippen molar-refractivity contribution in [3.05, 3.63) is 41.6 Å². The summed E-state index contributed by atoms with van der Waals surface area (Å²) < 4.78 is 10.9. The van der Waals surface area contributed by atoms with Crippen molar-refractivity contribution >= 4 is 17.5 Å². The Hall–Kier alpha value is -2.83. The van der Waals surface area contributed by atoms with E-state index >= 15 is 0 Å². The molecule has 0 radical (unpaired) electrons. The molecular weight excluding hydrogens is 322 g/mol. The number of likely N-dealkylation sites (tertiary alicyclic amines) is 1. The number of rotatable bonds is 3. The van der Waals surface area contributed by atoms with Crippen molar-refractivity contribution in [3.8, 4) is 5.75 Å². The monoisotopic (exact) mass is 341 g/mol. The molecular formula is C18H19N3O4. The molecule has 7 heteroatoms. The van der Waals surface area contributed by atoms with Crippen LogP contribution < -0.4 is 9.64 Å². The summed E-state index contributed by atoms with van der Waals surface area (Å²) in [6.07, 6.45) is 3.42. The average molecular weight is 341 g/mol. The second kappa shape index (κ2) is 6.23. The molecule has 0 spiro atoms. The molecule has 4 rings (SSSR count). The minimum absolute atomic E-state index is 0.0175. The number of hydrogen-bond acceptors (Lipinski definition) is 5. The third-order valence-corrected chi connectivity index (χ3v) is 4.51. The van der Waals surface area contributed by atoms with E-state index in [2.05, 4.69) is 4.98 Å². The van der Waals surface area contributed by atoms with Crippen LogP contribution >= 0.6 is 0 Å². The van der Waals surface area contributed by atoms with Gasteiger partial charge in [0.25, 0.3) is 11.8 Å². The first-order chi connectivity index (χ1) is 12.1. The highest BCUT2D eigenvalue weighted by atomic mass is 16.5. The number of benzene rings is 1. The maximum absolute atomic E-state index is 12.4. The van der Waals surface area contributed by atoms with Crippen LogP contribution in [0.3, 0.4) is 0 Å². The van der Waals surface area contributed by atoms with Crippen molar-refractivity contribution in [1.29, 1.82) is 0 Å². The Bertz CT molecular complexity index is 823. The van der Waals surface area contributed by atoms with E-state index in [0.717, 1.165) is 31.5 Å². The number of hydrogen-bond donors (Lipinski definition) is 0. The highest BCUT2D eigenvalue weighted by Gasteiger charge is 2.28. The number of aromatic nitrogens is 1. The van der Waals surface area contributed by atoms with E-state index in [4.69, 9.17) is 9.15 Å². The lowest BCUT2D eigenvalue weighted by molar-refractivity contribution is -0.121. The van der Waals surface area contributed by atoms with Crippen LogP contribution in [-0.2, 0) is 11.3 Å². The maximum Gasteiger partial charge on any atom is 0.275 e. The zero-order chi connectivity index (χ0) is 17.4. The van der Waals surface area contributed by atoms with E-state index in [1.54, 1.807) is 9.80 Å². The molecule has 1 saturated heterocycles. The third-order valence-electron chi connectivity index (χ3n) is 4.51. The van der Waals surface area contributed by atoms with E-state index in [9.17, 15) is 9.59 Å². The summed E-state index contributed by atoms with van der Waals surface area (Å²) in [7, 11) is 0. The first-order valence-corrected chi connectivity index (χ1v) is 8.39. The van der Waals surface area contributed by atoms with Gasteiger partial charge in [0.05, 0.1) is 5.69 Å². The summed E-state index contributed by atoms with van der Waals surface area (Å²) in [6, 6.07) is 5.68. The lowest BCUT2D eigenvalue weighted by atomic mass is 10.1. The first-order valence-electron chi connectivity index (χ1n) is 8.39. The van der Waals surface area contributed by atoms with Crippen molar-refractivity contribution in [2.24, 2.45) is 0 Å². The summed E-state index contributed by atoms with van der Waals surface area (Å²) in [5.74, 6) is 0.719. The Morgan fingerprint density at radius 1 is 1.28 bits per heavy atom. The summed E-state index contributed by atoms with van der Waals surface area (Å²) in [6.45, 7) is 3.63. The van der Waals surface area contributed by atoms with Gasteiger partial charge in [-0.15, -0.1) is 0 Å². The Kier molecular flexibility index (Phi) is 3.91. The van der Waals surface area contributed by atoms with Gasteiger partial charge in [-0.2, -0.15) is 0 Å². The molecule has 1 fully saturated rings. The number of nitrogens with zero attached hydrogens (tertiary/aromatic N) is 3. The Morgan fingerprint density at radius 3 is 2.88 bits per heavy atom. The fourth-order valence-electron chi connectivity index (χ4n) is 3.18.